The number of aryl methyl sites for hydroxylation is 1. The van der Waals surface area contributed by atoms with Crippen molar-refractivity contribution in [2.24, 2.45) is 17.6 Å². The van der Waals surface area contributed by atoms with Gasteiger partial charge in [0.05, 0.1) is 5.01 Å². The summed E-state index contributed by atoms with van der Waals surface area (Å²) in [4.78, 5) is 5.60. The molecule has 2 nitrogen and oxygen atoms in total. The normalized spacial score (nSPS) is 27.9. The summed E-state index contributed by atoms with van der Waals surface area (Å²) in [5, 5.41) is 1.13. The summed E-state index contributed by atoms with van der Waals surface area (Å²) in [5.41, 5.74) is 6.42. The molecule has 0 amide bonds. The van der Waals surface area contributed by atoms with Crippen molar-refractivity contribution in [3.05, 3.63) is 16.1 Å². The summed E-state index contributed by atoms with van der Waals surface area (Å²) in [6, 6.07) is 0.219. The molecule has 1 aliphatic carbocycles. The van der Waals surface area contributed by atoms with Crippen molar-refractivity contribution >= 4 is 11.3 Å². The lowest BCUT2D eigenvalue weighted by Crippen LogP contribution is -2.29. The zero-order chi connectivity index (χ0) is 11.5. The Bertz CT molecular complexity index is 334. The first-order valence-electron chi connectivity index (χ1n) is 6.40. The van der Waals surface area contributed by atoms with Crippen molar-refractivity contribution in [3.8, 4) is 0 Å². The first-order chi connectivity index (χ1) is 7.72. The highest BCUT2D eigenvalue weighted by molar-refractivity contribution is 7.11. The maximum atomic E-state index is 6.42. The van der Waals surface area contributed by atoms with Gasteiger partial charge in [-0.05, 0) is 25.2 Å². The molecule has 1 fully saturated rings. The molecule has 0 aromatic carbocycles. The molecular formula is C13H22N2S. The molecule has 0 bridgehead atoms. The Balaban J connectivity index is 2.10. The Morgan fingerprint density at radius 3 is 2.88 bits per heavy atom. The molecule has 2 N–H and O–H groups in total. The summed E-state index contributed by atoms with van der Waals surface area (Å²) in [5.74, 6) is 1.50. The van der Waals surface area contributed by atoms with Crippen LogP contribution in [0.5, 0.6) is 0 Å². The Morgan fingerprint density at radius 2 is 2.25 bits per heavy atom. The number of aromatic nitrogens is 1. The second-order valence-electron chi connectivity index (χ2n) is 4.92. The number of rotatable bonds is 3. The summed E-state index contributed by atoms with van der Waals surface area (Å²) in [7, 11) is 0. The van der Waals surface area contributed by atoms with Gasteiger partial charge in [-0.2, -0.15) is 0 Å². The Kier molecular flexibility index (Phi) is 3.98. The Labute approximate surface area is 102 Å². The van der Waals surface area contributed by atoms with Gasteiger partial charge in [0.1, 0.15) is 0 Å². The van der Waals surface area contributed by atoms with Crippen LogP contribution in [0.25, 0.3) is 0 Å². The highest BCUT2D eigenvalue weighted by Gasteiger charge is 2.30. The molecule has 3 unspecified atom stereocenters. The van der Waals surface area contributed by atoms with Crippen LogP contribution in [-0.4, -0.2) is 4.98 Å². The smallest absolute Gasteiger partial charge is 0.0897 e. The number of hydrogen-bond donors (Lipinski definition) is 1. The van der Waals surface area contributed by atoms with Gasteiger partial charge >= 0.3 is 0 Å². The molecule has 0 radical (unpaired) electrons. The molecule has 1 heterocycles. The molecule has 90 valence electrons. The van der Waals surface area contributed by atoms with Crippen LogP contribution in [0, 0.1) is 18.8 Å². The quantitative estimate of drug-likeness (QED) is 0.872. The molecule has 2 rings (SSSR count). The van der Waals surface area contributed by atoms with Crippen molar-refractivity contribution < 1.29 is 0 Å². The van der Waals surface area contributed by atoms with E-state index in [4.69, 9.17) is 5.73 Å². The van der Waals surface area contributed by atoms with Crippen molar-refractivity contribution in [3.63, 3.8) is 0 Å². The second kappa shape index (κ2) is 5.28. The van der Waals surface area contributed by atoms with Crippen LogP contribution in [0.4, 0.5) is 0 Å². The van der Waals surface area contributed by atoms with Crippen molar-refractivity contribution in [1.29, 1.82) is 0 Å². The maximum absolute atomic E-state index is 6.42. The standard InChI is InChI=1S/C13H22N2S/c1-3-10-6-4-5-7-11(10)13(14)12-8-15-9(2)16-12/h8,10-11,13H,3-7,14H2,1-2H3. The van der Waals surface area contributed by atoms with Gasteiger partial charge in [-0.1, -0.05) is 32.6 Å². The molecule has 1 aromatic heterocycles. The third kappa shape index (κ3) is 2.46. The van der Waals surface area contributed by atoms with Crippen LogP contribution < -0.4 is 5.73 Å². The highest BCUT2D eigenvalue weighted by Crippen LogP contribution is 2.40. The van der Waals surface area contributed by atoms with Gasteiger partial charge in [-0.3, -0.25) is 0 Å². The van der Waals surface area contributed by atoms with Crippen molar-refractivity contribution in [2.45, 2.75) is 52.0 Å². The van der Waals surface area contributed by atoms with Crippen molar-refractivity contribution in [2.75, 3.05) is 0 Å². The lowest BCUT2D eigenvalue weighted by molar-refractivity contribution is 0.198. The van der Waals surface area contributed by atoms with E-state index in [0.29, 0.717) is 5.92 Å². The summed E-state index contributed by atoms with van der Waals surface area (Å²) in [6.07, 6.45) is 8.67. The minimum absolute atomic E-state index is 0.219. The average Bonchev–Trinajstić information content (AvgIpc) is 2.75. The van der Waals surface area contributed by atoms with Crippen LogP contribution in [0.3, 0.4) is 0 Å². The third-order valence-electron chi connectivity index (χ3n) is 3.92. The van der Waals surface area contributed by atoms with Crippen LogP contribution in [0.1, 0.15) is 55.0 Å². The molecule has 16 heavy (non-hydrogen) atoms. The lowest BCUT2D eigenvalue weighted by Gasteiger charge is -2.34. The first kappa shape index (κ1) is 12.1. The average molecular weight is 238 g/mol. The van der Waals surface area contributed by atoms with E-state index in [9.17, 15) is 0 Å². The lowest BCUT2D eigenvalue weighted by atomic mass is 9.74. The molecular weight excluding hydrogens is 216 g/mol. The zero-order valence-electron chi connectivity index (χ0n) is 10.3. The number of nitrogens with zero attached hydrogens (tertiary/aromatic N) is 1. The Morgan fingerprint density at radius 1 is 1.50 bits per heavy atom. The predicted molar refractivity (Wildman–Crippen MR) is 69.5 cm³/mol. The van der Waals surface area contributed by atoms with Gasteiger partial charge in [0.2, 0.25) is 0 Å². The number of nitrogens with two attached hydrogens (primary N) is 1. The van der Waals surface area contributed by atoms with Crippen LogP contribution in [0.2, 0.25) is 0 Å². The van der Waals surface area contributed by atoms with Crippen LogP contribution in [0.15, 0.2) is 6.20 Å². The fourth-order valence-corrected chi connectivity index (χ4v) is 3.82. The van der Waals surface area contributed by atoms with E-state index in [-0.39, 0.29) is 6.04 Å². The molecule has 0 aliphatic heterocycles. The fourth-order valence-electron chi connectivity index (χ4n) is 2.96. The number of hydrogen-bond acceptors (Lipinski definition) is 3. The van der Waals surface area contributed by atoms with E-state index in [1.54, 1.807) is 11.3 Å². The fraction of sp³-hybridized carbons (Fsp3) is 0.769. The molecule has 0 saturated heterocycles. The summed E-state index contributed by atoms with van der Waals surface area (Å²) < 4.78 is 0. The van der Waals surface area contributed by atoms with Gasteiger partial charge in [-0.15, -0.1) is 11.3 Å². The first-order valence-corrected chi connectivity index (χ1v) is 7.22. The monoisotopic (exact) mass is 238 g/mol. The Hall–Kier alpha value is -0.410. The van der Waals surface area contributed by atoms with Gasteiger partial charge in [0.15, 0.2) is 0 Å². The van der Waals surface area contributed by atoms with E-state index in [1.165, 1.54) is 37.0 Å². The zero-order valence-corrected chi connectivity index (χ0v) is 11.1. The topological polar surface area (TPSA) is 38.9 Å². The molecule has 1 aromatic rings. The largest absolute Gasteiger partial charge is 0.323 e. The number of thiazole rings is 1. The minimum atomic E-state index is 0.219. The molecule has 1 aliphatic rings. The SMILES string of the molecule is CCC1CCCCC1C(N)c1cnc(C)s1. The predicted octanol–water partition coefficient (Wildman–Crippen LogP) is 3.67. The van der Waals surface area contributed by atoms with E-state index in [2.05, 4.69) is 18.8 Å². The van der Waals surface area contributed by atoms with Gasteiger partial charge in [0.25, 0.3) is 0 Å². The van der Waals surface area contributed by atoms with Crippen LogP contribution in [-0.2, 0) is 0 Å². The minimum Gasteiger partial charge on any atom is -0.323 e. The van der Waals surface area contributed by atoms with Crippen molar-refractivity contribution in [1.82, 2.24) is 4.98 Å². The molecule has 3 heteroatoms. The van der Waals surface area contributed by atoms with E-state index >= 15 is 0 Å². The maximum Gasteiger partial charge on any atom is 0.0897 e. The van der Waals surface area contributed by atoms with Crippen LogP contribution >= 0.6 is 11.3 Å². The summed E-state index contributed by atoms with van der Waals surface area (Å²) >= 11 is 1.77. The van der Waals surface area contributed by atoms with E-state index in [0.717, 1.165) is 10.9 Å². The van der Waals surface area contributed by atoms with Gasteiger partial charge < -0.3 is 5.73 Å². The molecule has 0 spiro atoms. The van der Waals surface area contributed by atoms with Gasteiger partial charge in [-0.25, -0.2) is 4.98 Å². The highest BCUT2D eigenvalue weighted by atomic mass is 32.1. The second-order valence-corrected chi connectivity index (χ2v) is 6.19. The molecule has 3 atom stereocenters. The third-order valence-corrected chi connectivity index (χ3v) is 4.94. The van der Waals surface area contributed by atoms with Gasteiger partial charge in [0, 0.05) is 17.1 Å². The summed E-state index contributed by atoms with van der Waals surface area (Å²) in [6.45, 7) is 4.35. The van der Waals surface area contributed by atoms with E-state index < -0.39 is 0 Å². The molecule has 1 saturated carbocycles. The van der Waals surface area contributed by atoms with E-state index in [1.807, 2.05) is 6.20 Å².